The Balaban J connectivity index is 1.66. The van der Waals surface area contributed by atoms with Gasteiger partial charge in [-0.2, -0.15) is 11.3 Å². The molecule has 0 aliphatic rings. The van der Waals surface area contributed by atoms with Gasteiger partial charge in [0.25, 0.3) is 0 Å². The molecule has 184 valence electrons. The molecule has 0 unspecified atom stereocenters. The van der Waals surface area contributed by atoms with Crippen molar-refractivity contribution in [2.24, 2.45) is 0 Å². The number of thiophene rings is 1. The summed E-state index contributed by atoms with van der Waals surface area (Å²) in [5.41, 5.74) is 0. The molecule has 0 amide bonds. The van der Waals surface area contributed by atoms with Crippen LogP contribution in [0.4, 0.5) is 0 Å². The Morgan fingerprint density at radius 1 is 0.421 bits per heavy atom. The molecule has 0 aliphatic carbocycles. The van der Waals surface area contributed by atoms with Crippen LogP contribution in [0.15, 0.2) is 157 Å². The highest BCUT2D eigenvalue weighted by atomic mass is 32.1. The van der Waals surface area contributed by atoms with Crippen LogP contribution in [0.3, 0.4) is 0 Å². The molecule has 0 radical (unpaired) electrons. The molecule has 0 N–H and O–H groups in total. The van der Waals surface area contributed by atoms with E-state index in [4.69, 9.17) is 9.47 Å². The molecule has 38 heavy (non-hydrogen) atoms. The SMILES string of the molecule is c1ccc(Oc2ccccc2[Si](c2ccccc2)(c2cccs2)c2ccccc2Oc2ccccc2)cc1. The van der Waals surface area contributed by atoms with E-state index >= 15 is 0 Å². The highest BCUT2D eigenvalue weighted by molar-refractivity contribution is 7.36. The molecule has 0 aliphatic heterocycles. The third kappa shape index (κ3) is 4.56. The second-order valence-electron chi connectivity index (χ2n) is 8.92. The van der Waals surface area contributed by atoms with Crippen molar-refractivity contribution in [3.8, 4) is 23.0 Å². The molecule has 6 rings (SSSR count). The van der Waals surface area contributed by atoms with Crippen molar-refractivity contribution in [2.75, 3.05) is 0 Å². The van der Waals surface area contributed by atoms with Gasteiger partial charge in [-0.05, 0) is 57.3 Å². The minimum Gasteiger partial charge on any atom is -0.457 e. The minimum atomic E-state index is -2.88. The van der Waals surface area contributed by atoms with Gasteiger partial charge in [0.1, 0.15) is 23.0 Å². The third-order valence-corrected chi connectivity index (χ3v) is 13.1. The predicted molar refractivity (Wildman–Crippen MR) is 161 cm³/mol. The lowest BCUT2D eigenvalue weighted by molar-refractivity contribution is 0.485. The van der Waals surface area contributed by atoms with Crippen LogP contribution in [-0.4, -0.2) is 8.07 Å². The van der Waals surface area contributed by atoms with E-state index < -0.39 is 8.07 Å². The molecule has 0 fully saturated rings. The zero-order valence-corrected chi connectivity index (χ0v) is 22.6. The maximum atomic E-state index is 6.61. The number of benzene rings is 5. The predicted octanol–water partition coefficient (Wildman–Crippen LogP) is 6.71. The molecular formula is C34H26O2SSi. The number of ether oxygens (including phenoxy) is 2. The molecule has 0 saturated heterocycles. The van der Waals surface area contributed by atoms with E-state index in [9.17, 15) is 0 Å². The molecule has 6 aromatic rings. The van der Waals surface area contributed by atoms with Crippen LogP contribution in [0, 0.1) is 0 Å². The Morgan fingerprint density at radius 2 is 0.868 bits per heavy atom. The summed E-state index contributed by atoms with van der Waals surface area (Å²) in [6, 6.07) is 52.2. The fourth-order valence-corrected chi connectivity index (χ4v) is 11.9. The fraction of sp³-hybridized carbons (Fsp3) is 0. The normalized spacial score (nSPS) is 11.2. The maximum Gasteiger partial charge on any atom is 0.199 e. The molecule has 0 bridgehead atoms. The monoisotopic (exact) mass is 526 g/mol. The summed E-state index contributed by atoms with van der Waals surface area (Å²) in [7, 11) is -2.88. The molecule has 0 atom stereocenters. The van der Waals surface area contributed by atoms with E-state index in [2.05, 4.69) is 84.2 Å². The summed E-state index contributed by atoms with van der Waals surface area (Å²) >= 11 is 1.80. The largest absolute Gasteiger partial charge is 0.457 e. The first-order chi connectivity index (χ1) is 18.9. The van der Waals surface area contributed by atoms with Gasteiger partial charge in [-0.25, -0.2) is 0 Å². The van der Waals surface area contributed by atoms with Crippen LogP contribution in [0.25, 0.3) is 0 Å². The first-order valence-corrected chi connectivity index (χ1v) is 15.5. The molecule has 1 heterocycles. The first-order valence-electron chi connectivity index (χ1n) is 12.6. The smallest absolute Gasteiger partial charge is 0.199 e. The van der Waals surface area contributed by atoms with Crippen molar-refractivity contribution in [3.63, 3.8) is 0 Å². The van der Waals surface area contributed by atoms with E-state index in [1.165, 1.54) is 20.1 Å². The van der Waals surface area contributed by atoms with Gasteiger partial charge in [-0.1, -0.05) is 115 Å². The molecule has 0 spiro atoms. The second-order valence-corrected chi connectivity index (χ2v) is 13.9. The molecule has 4 heteroatoms. The van der Waals surface area contributed by atoms with Crippen LogP contribution in [0.5, 0.6) is 23.0 Å². The molecule has 1 aromatic heterocycles. The lowest BCUT2D eigenvalue weighted by Gasteiger charge is -2.35. The second kappa shape index (κ2) is 10.9. The van der Waals surface area contributed by atoms with Crippen LogP contribution in [-0.2, 0) is 0 Å². The summed E-state index contributed by atoms with van der Waals surface area (Å²) in [5, 5.41) is 5.81. The van der Waals surface area contributed by atoms with Crippen LogP contribution in [0.1, 0.15) is 0 Å². The van der Waals surface area contributed by atoms with Crippen molar-refractivity contribution in [3.05, 3.63) is 157 Å². The van der Waals surface area contributed by atoms with Crippen molar-refractivity contribution in [1.29, 1.82) is 0 Å². The minimum absolute atomic E-state index is 0.816. The summed E-state index contributed by atoms with van der Waals surface area (Å²) in [4.78, 5) is 0. The average molecular weight is 527 g/mol. The number of para-hydroxylation sites is 4. The maximum absolute atomic E-state index is 6.61. The van der Waals surface area contributed by atoms with Crippen LogP contribution < -0.4 is 29.5 Å². The van der Waals surface area contributed by atoms with Gasteiger partial charge in [0.05, 0.1) is 0 Å². The van der Waals surface area contributed by atoms with E-state index in [0.717, 1.165) is 23.0 Å². The van der Waals surface area contributed by atoms with Crippen LogP contribution >= 0.6 is 11.3 Å². The summed E-state index contributed by atoms with van der Waals surface area (Å²) < 4.78 is 14.5. The first kappa shape index (κ1) is 24.0. The Labute approximate surface area is 228 Å². The van der Waals surface area contributed by atoms with Crippen molar-refractivity contribution < 1.29 is 9.47 Å². The van der Waals surface area contributed by atoms with Gasteiger partial charge in [0, 0.05) is 4.50 Å². The van der Waals surface area contributed by atoms with Gasteiger partial charge in [0.15, 0.2) is 8.07 Å². The summed E-state index contributed by atoms with van der Waals surface area (Å²) in [6.07, 6.45) is 0. The van der Waals surface area contributed by atoms with Gasteiger partial charge >= 0.3 is 0 Å². The number of hydrogen-bond acceptors (Lipinski definition) is 3. The van der Waals surface area contributed by atoms with E-state index in [0.29, 0.717) is 0 Å². The fourth-order valence-electron chi connectivity index (χ4n) is 5.01. The Kier molecular flexibility index (Phi) is 6.90. The third-order valence-electron chi connectivity index (χ3n) is 6.62. The van der Waals surface area contributed by atoms with E-state index in [1.807, 2.05) is 72.8 Å². The van der Waals surface area contributed by atoms with E-state index in [1.54, 1.807) is 11.3 Å². The highest BCUT2D eigenvalue weighted by Gasteiger charge is 2.46. The van der Waals surface area contributed by atoms with Crippen molar-refractivity contribution in [2.45, 2.75) is 0 Å². The van der Waals surface area contributed by atoms with Gasteiger partial charge in [-0.3, -0.25) is 0 Å². The zero-order chi connectivity index (χ0) is 25.6. The lowest BCUT2D eigenvalue weighted by Crippen LogP contribution is -2.74. The number of rotatable bonds is 8. The average Bonchev–Trinajstić information content (AvgIpc) is 3.52. The summed E-state index contributed by atoms with van der Waals surface area (Å²) in [6.45, 7) is 0. The molecule has 2 nitrogen and oxygen atoms in total. The Hall–Kier alpha value is -4.38. The zero-order valence-electron chi connectivity index (χ0n) is 20.7. The van der Waals surface area contributed by atoms with Gasteiger partial charge in [0.2, 0.25) is 0 Å². The van der Waals surface area contributed by atoms with Crippen molar-refractivity contribution in [1.82, 2.24) is 0 Å². The van der Waals surface area contributed by atoms with E-state index in [-0.39, 0.29) is 0 Å². The Morgan fingerprint density at radius 3 is 1.34 bits per heavy atom. The van der Waals surface area contributed by atoms with Crippen molar-refractivity contribution >= 4 is 39.5 Å². The van der Waals surface area contributed by atoms with Crippen LogP contribution in [0.2, 0.25) is 0 Å². The topological polar surface area (TPSA) is 18.5 Å². The lowest BCUT2D eigenvalue weighted by atomic mass is 10.3. The van der Waals surface area contributed by atoms with Gasteiger partial charge < -0.3 is 9.47 Å². The van der Waals surface area contributed by atoms with Gasteiger partial charge in [-0.15, -0.1) is 0 Å². The standard InChI is InChI=1S/C34H26O2SSi/c1-4-15-27(16-5-1)35-30-21-10-12-23-32(30)38(34-25-14-26-37-34,29-19-8-3-9-20-29)33-24-13-11-22-31(33)36-28-17-6-2-7-18-28/h1-26H. The quantitative estimate of drug-likeness (QED) is 0.162. The highest BCUT2D eigenvalue weighted by Crippen LogP contribution is 2.27. The molecule has 0 saturated carbocycles. The molecular weight excluding hydrogens is 501 g/mol. The molecule has 5 aromatic carbocycles. The number of hydrogen-bond donors (Lipinski definition) is 0. The summed E-state index contributed by atoms with van der Waals surface area (Å²) in [5.74, 6) is 3.35. The Bertz CT molecular complexity index is 1520.